The van der Waals surface area contributed by atoms with Crippen molar-refractivity contribution < 1.29 is 27.5 Å². The lowest BCUT2D eigenvalue weighted by Gasteiger charge is -2.34. The maximum atomic E-state index is 13.3. The summed E-state index contributed by atoms with van der Waals surface area (Å²) in [5, 5.41) is 2.90. The van der Waals surface area contributed by atoms with Crippen LogP contribution in [0, 0.1) is 0 Å². The number of para-hydroxylation sites is 2. The SMILES string of the molecule is CN(Cc1ccccc1)S(=O)(=O)c1ccc(OCC(=O)N2C[C@H](C(=O)NCCc3ccccc3)Oc3ccccc32)cc1. The first kappa shape index (κ1) is 29.8. The highest BCUT2D eigenvalue weighted by molar-refractivity contribution is 7.89. The number of nitrogens with zero attached hydrogens (tertiary/aromatic N) is 2. The minimum atomic E-state index is -3.72. The molecule has 1 atom stereocenters. The second-order valence-electron chi connectivity index (χ2n) is 10.1. The van der Waals surface area contributed by atoms with E-state index in [9.17, 15) is 18.0 Å². The Morgan fingerprint density at radius 2 is 1.51 bits per heavy atom. The smallest absolute Gasteiger partial charge is 0.265 e. The van der Waals surface area contributed by atoms with E-state index in [0.717, 1.165) is 11.1 Å². The Morgan fingerprint density at radius 3 is 2.21 bits per heavy atom. The number of carbonyl (C=O) groups is 2. The van der Waals surface area contributed by atoms with Crippen molar-refractivity contribution in [3.63, 3.8) is 0 Å². The lowest BCUT2D eigenvalue weighted by Crippen LogP contribution is -2.52. The van der Waals surface area contributed by atoms with Gasteiger partial charge in [-0.3, -0.25) is 9.59 Å². The second kappa shape index (κ2) is 13.5. The summed E-state index contributed by atoms with van der Waals surface area (Å²) in [4.78, 5) is 27.9. The van der Waals surface area contributed by atoms with Crippen LogP contribution in [0.5, 0.6) is 11.5 Å². The van der Waals surface area contributed by atoms with Gasteiger partial charge in [-0.15, -0.1) is 0 Å². The van der Waals surface area contributed by atoms with Crippen LogP contribution < -0.4 is 19.7 Å². The Balaban J connectivity index is 1.19. The molecule has 2 amide bonds. The molecule has 4 aromatic carbocycles. The van der Waals surface area contributed by atoms with Gasteiger partial charge in [-0.25, -0.2) is 8.42 Å². The highest BCUT2D eigenvalue weighted by Crippen LogP contribution is 2.33. The van der Waals surface area contributed by atoms with E-state index in [1.54, 1.807) is 24.3 Å². The van der Waals surface area contributed by atoms with E-state index in [0.29, 0.717) is 30.2 Å². The molecular weight excluding hydrogens is 566 g/mol. The van der Waals surface area contributed by atoms with Gasteiger partial charge in [0.15, 0.2) is 12.7 Å². The third-order valence-electron chi connectivity index (χ3n) is 7.07. The molecule has 0 aromatic heterocycles. The quantitative estimate of drug-likeness (QED) is 0.279. The summed E-state index contributed by atoms with van der Waals surface area (Å²) in [5.74, 6) is 0.101. The second-order valence-corrected chi connectivity index (χ2v) is 12.2. The van der Waals surface area contributed by atoms with Gasteiger partial charge in [-0.2, -0.15) is 4.31 Å². The molecule has 1 heterocycles. The number of benzene rings is 4. The van der Waals surface area contributed by atoms with Crippen molar-refractivity contribution in [1.82, 2.24) is 9.62 Å². The Labute approximate surface area is 251 Å². The van der Waals surface area contributed by atoms with Gasteiger partial charge in [0.25, 0.3) is 11.8 Å². The molecular formula is C33H33N3O6S. The van der Waals surface area contributed by atoms with Crippen molar-refractivity contribution in [3.05, 3.63) is 120 Å². The lowest BCUT2D eigenvalue weighted by molar-refractivity contribution is -0.128. The third kappa shape index (κ3) is 7.40. The predicted octanol–water partition coefficient (Wildman–Crippen LogP) is 4.04. The summed E-state index contributed by atoms with van der Waals surface area (Å²) >= 11 is 0. The van der Waals surface area contributed by atoms with Gasteiger partial charge in [-0.1, -0.05) is 72.8 Å². The fraction of sp³-hybridized carbons (Fsp3) is 0.212. The molecule has 9 nitrogen and oxygen atoms in total. The van der Waals surface area contributed by atoms with Crippen molar-refractivity contribution in [2.75, 3.05) is 31.6 Å². The Hall–Kier alpha value is -4.67. The Morgan fingerprint density at radius 1 is 0.884 bits per heavy atom. The zero-order chi connectivity index (χ0) is 30.2. The van der Waals surface area contributed by atoms with Crippen molar-refractivity contribution in [3.8, 4) is 11.5 Å². The van der Waals surface area contributed by atoms with Gasteiger partial charge in [0.1, 0.15) is 11.5 Å². The van der Waals surface area contributed by atoms with Crippen LogP contribution in [0.4, 0.5) is 5.69 Å². The van der Waals surface area contributed by atoms with E-state index in [-0.39, 0.29) is 36.4 Å². The molecule has 1 aliphatic rings. The number of nitrogens with one attached hydrogen (secondary N) is 1. The third-order valence-corrected chi connectivity index (χ3v) is 8.88. The average Bonchev–Trinajstić information content (AvgIpc) is 3.04. The number of hydrogen-bond donors (Lipinski definition) is 1. The van der Waals surface area contributed by atoms with Crippen LogP contribution in [-0.4, -0.2) is 57.4 Å². The maximum Gasteiger partial charge on any atom is 0.265 e. The molecule has 0 bridgehead atoms. The lowest BCUT2D eigenvalue weighted by atomic mass is 10.1. The van der Waals surface area contributed by atoms with E-state index < -0.39 is 16.1 Å². The van der Waals surface area contributed by atoms with Crippen molar-refractivity contribution in [2.24, 2.45) is 0 Å². The maximum absolute atomic E-state index is 13.3. The molecule has 0 saturated carbocycles. The topological polar surface area (TPSA) is 105 Å². The predicted molar refractivity (Wildman–Crippen MR) is 163 cm³/mol. The highest BCUT2D eigenvalue weighted by Gasteiger charge is 2.34. The molecule has 1 N–H and O–H groups in total. The van der Waals surface area contributed by atoms with Gasteiger partial charge in [0.05, 0.1) is 17.1 Å². The number of carbonyl (C=O) groups excluding carboxylic acids is 2. The molecule has 1 aliphatic heterocycles. The van der Waals surface area contributed by atoms with Crippen LogP contribution in [0.2, 0.25) is 0 Å². The number of sulfonamides is 1. The molecule has 0 aliphatic carbocycles. The minimum absolute atomic E-state index is 0.0291. The largest absolute Gasteiger partial charge is 0.484 e. The zero-order valence-corrected chi connectivity index (χ0v) is 24.6. The molecule has 0 radical (unpaired) electrons. The van der Waals surface area contributed by atoms with Gasteiger partial charge < -0.3 is 19.7 Å². The first-order valence-electron chi connectivity index (χ1n) is 13.9. The molecule has 5 rings (SSSR count). The first-order valence-corrected chi connectivity index (χ1v) is 15.4. The van der Waals surface area contributed by atoms with E-state index in [1.165, 1.54) is 40.5 Å². The molecule has 43 heavy (non-hydrogen) atoms. The average molecular weight is 600 g/mol. The fourth-order valence-electron chi connectivity index (χ4n) is 4.73. The molecule has 0 unspecified atom stereocenters. The standard InChI is InChI=1S/C33H33N3O6S/c1-35(22-26-12-6-3-7-13-26)43(39,40)28-18-16-27(17-19-28)41-24-32(37)36-23-31(42-30-15-9-8-14-29(30)36)33(38)34-21-20-25-10-4-2-5-11-25/h2-19,31H,20-24H2,1H3,(H,34,38)/t31-/m1/s1. The highest BCUT2D eigenvalue weighted by atomic mass is 32.2. The van der Waals surface area contributed by atoms with Crippen molar-refractivity contribution >= 4 is 27.5 Å². The first-order chi connectivity index (χ1) is 20.8. The number of anilines is 1. The van der Waals surface area contributed by atoms with E-state index in [2.05, 4.69) is 5.32 Å². The van der Waals surface area contributed by atoms with Crippen LogP contribution in [0.3, 0.4) is 0 Å². The van der Waals surface area contributed by atoms with Crippen LogP contribution in [-0.2, 0) is 32.6 Å². The molecule has 222 valence electrons. The Bertz CT molecular complexity index is 1650. The van der Waals surface area contributed by atoms with Crippen LogP contribution in [0.1, 0.15) is 11.1 Å². The zero-order valence-electron chi connectivity index (χ0n) is 23.8. The molecule has 0 fully saturated rings. The summed E-state index contributed by atoms with van der Waals surface area (Å²) in [6.07, 6.45) is -0.206. The molecule has 0 spiro atoms. The van der Waals surface area contributed by atoms with Crippen LogP contribution >= 0.6 is 0 Å². The number of ether oxygens (including phenoxy) is 2. The summed E-state index contributed by atoms with van der Waals surface area (Å²) in [5.41, 5.74) is 2.53. The van der Waals surface area contributed by atoms with Crippen LogP contribution in [0.15, 0.2) is 114 Å². The van der Waals surface area contributed by atoms with Gasteiger partial charge in [0, 0.05) is 20.1 Å². The van der Waals surface area contributed by atoms with E-state index >= 15 is 0 Å². The summed E-state index contributed by atoms with van der Waals surface area (Å²) in [6.45, 7) is 0.399. The molecule has 4 aromatic rings. The van der Waals surface area contributed by atoms with Crippen molar-refractivity contribution in [1.29, 1.82) is 0 Å². The van der Waals surface area contributed by atoms with E-state index in [4.69, 9.17) is 9.47 Å². The van der Waals surface area contributed by atoms with Crippen LogP contribution in [0.25, 0.3) is 0 Å². The normalized spacial score (nSPS) is 14.5. The summed E-state index contributed by atoms with van der Waals surface area (Å²) in [6, 6.07) is 32.2. The Kier molecular flexibility index (Phi) is 9.38. The number of hydrogen-bond acceptors (Lipinski definition) is 6. The monoisotopic (exact) mass is 599 g/mol. The number of fused-ring (bicyclic) bond motifs is 1. The number of rotatable bonds is 11. The summed E-state index contributed by atoms with van der Waals surface area (Å²) in [7, 11) is -2.19. The number of amides is 2. The molecule has 10 heteroatoms. The van der Waals surface area contributed by atoms with Gasteiger partial charge in [0.2, 0.25) is 10.0 Å². The van der Waals surface area contributed by atoms with Gasteiger partial charge in [-0.05, 0) is 53.9 Å². The van der Waals surface area contributed by atoms with Crippen molar-refractivity contribution in [2.45, 2.75) is 24.0 Å². The fourth-order valence-corrected chi connectivity index (χ4v) is 5.89. The van der Waals surface area contributed by atoms with Gasteiger partial charge >= 0.3 is 0 Å². The van der Waals surface area contributed by atoms with E-state index in [1.807, 2.05) is 60.7 Å². The minimum Gasteiger partial charge on any atom is -0.484 e. The summed E-state index contributed by atoms with van der Waals surface area (Å²) < 4.78 is 39.0. The molecule has 0 saturated heterocycles.